The van der Waals surface area contributed by atoms with Crippen LogP contribution >= 0.6 is 11.3 Å². The first-order valence-electron chi connectivity index (χ1n) is 5.53. The summed E-state index contributed by atoms with van der Waals surface area (Å²) >= 11 is 1.57. The molecular weight excluding hydrogens is 250 g/mol. The highest BCUT2D eigenvalue weighted by Crippen LogP contribution is 2.21. The summed E-state index contributed by atoms with van der Waals surface area (Å²) in [4.78, 5) is 14.5. The van der Waals surface area contributed by atoms with Crippen LogP contribution in [0.3, 0.4) is 0 Å². The molecule has 2 rings (SSSR count). The average Bonchev–Trinajstić information content (AvgIpc) is 2.84. The van der Waals surface area contributed by atoms with Gasteiger partial charge in [-0.1, -0.05) is 6.07 Å². The van der Waals surface area contributed by atoms with Crippen LogP contribution in [0.25, 0.3) is 0 Å². The fraction of sp³-hybridized carbons (Fsp3) is 0.250. The number of nitro benzene ring substituents is 1. The first kappa shape index (κ1) is 12.5. The Balaban J connectivity index is 2.00. The number of aryl methyl sites for hydroxylation is 1. The highest BCUT2D eigenvalue weighted by atomic mass is 32.1. The second-order valence-electron chi connectivity index (χ2n) is 3.91. The average molecular weight is 263 g/mol. The van der Waals surface area contributed by atoms with Crippen molar-refractivity contribution in [1.82, 2.24) is 4.98 Å². The van der Waals surface area contributed by atoms with Crippen LogP contribution in [0.4, 0.5) is 11.4 Å². The summed E-state index contributed by atoms with van der Waals surface area (Å²) in [5, 5.41) is 15.9. The van der Waals surface area contributed by atoms with E-state index < -0.39 is 0 Å². The summed E-state index contributed by atoms with van der Waals surface area (Å²) in [5.74, 6) is 0. The van der Waals surface area contributed by atoms with Crippen LogP contribution in [0.1, 0.15) is 11.3 Å². The minimum atomic E-state index is -0.384. The van der Waals surface area contributed by atoms with Crippen molar-refractivity contribution in [3.05, 3.63) is 50.5 Å². The van der Waals surface area contributed by atoms with E-state index >= 15 is 0 Å². The van der Waals surface area contributed by atoms with E-state index in [-0.39, 0.29) is 10.6 Å². The Kier molecular flexibility index (Phi) is 3.88. The van der Waals surface area contributed by atoms with E-state index in [9.17, 15) is 10.1 Å². The summed E-state index contributed by atoms with van der Waals surface area (Å²) < 4.78 is 0. The molecule has 0 aliphatic rings. The molecule has 0 saturated heterocycles. The van der Waals surface area contributed by atoms with E-state index in [1.54, 1.807) is 29.0 Å². The monoisotopic (exact) mass is 263 g/mol. The minimum absolute atomic E-state index is 0.108. The molecule has 6 heteroatoms. The molecule has 0 aliphatic heterocycles. The Labute approximate surface area is 109 Å². The molecule has 0 spiro atoms. The number of nitrogens with one attached hydrogen (secondary N) is 1. The lowest BCUT2D eigenvalue weighted by molar-refractivity contribution is -0.384. The molecule has 2 aromatic rings. The van der Waals surface area contributed by atoms with Crippen molar-refractivity contribution >= 4 is 22.7 Å². The molecule has 1 N–H and O–H groups in total. The van der Waals surface area contributed by atoms with Crippen molar-refractivity contribution in [2.24, 2.45) is 0 Å². The van der Waals surface area contributed by atoms with Crippen molar-refractivity contribution in [1.29, 1.82) is 0 Å². The molecule has 5 nitrogen and oxygen atoms in total. The summed E-state index contributed by atoms with van der Waals surface area (Å²) in [6, 6.07) is 4.83. The third-order valence-corrected chi connectivity index (χ3v) is 3.25. The van der Waals surface area contributed by atoms with Crippen LogP contribution < -0.4 is 5.32 Å². The largest absolute Gasteiger partial charge is 0.384 e. The molecule has 1 aromatic carbocycles. The van der Waals surface area contributed by atoms with Gasteiger partial charge in [0.2, 0.25) is 0 Å². The van der Waals surface area contributed by atoms with Gasteiger partial charge >= 0.3 is 0 Å². The van der Waals surface area contributed by atoms with Crippen LogP contribution in [-0.2, 0) is 6.42 Å². The number of hydrogen-bond acceptors (Lipinski definition) is 5. The smallest absolute Gasteiger partial charge is 0.271 e. The number of thiazole rings is 1. The zero-order valence-corrected chi connectivity index (χ0v) is 10.7. The van der Waals surface area contributed by atoms with Crippen molar-refractivity contribution in [2.45, 2.75) is 13.3 Å². The number of non-ortho nitro benzene ring substituents is 1. The molecule has 0 saturated carbocycles. The fourth-order valence-electron chi connectivity index (χ4n) is 1.60. The maximum absolute atomic E-state index is 10.7. The SMILES string of the molecule is Cc1ccc([N+](=O)[O-])cc1NCCc1cscn1. The summed E-state index contributed by atoms with van der Waals surface area (Å²) in [7, 11) is 0. The molecule has 0 aliphatic carbocycles. The quantitative estimate of drug-likeness (QED) is 0.665. The van der Waals surface area contributed by atoms with Crippen molar-refractivity contribution in [3.8, 4) is 0 Å². The number of anilines is 1. The second kappa shape index (κ2) is 5.59. The highest BCUT2D eigenvalue weighted by Gasteiger charge is 2.08. The predicted octanol–water partition coefficient (Wildman–Crippen LogP) is 3.01. The van der Waals surface area contributed by atoms with Gasteiger partial charge in [-0.25, -0.2) is 4.98 Å². The summed E-state index contributed by atoms with van der Waals surface area (Å²) in [5.41, 5.74) is 4.75. The minimum Gasteiger partial charge on any atom is -0.384 e. The summed E-state index contributed by atoms with van der Waals surface area (Å²) in [6.07, 6.45) is 0.811. The molecule has 18 heavy (non-hydrogen) atoms. The van der Waals surface area contributed by atoms with E-state index in [4.69, 9.17) is 0 Å². The van der Waals surface area contributed by atoms with Crippen LogP contribution in [-0.4, -0.2) is 16.5 Å². The van der Waals surface area contributed by atoms with Crippen LogP contribution in [0.5, 0.6) is 0 Å². The zero-order chi connectivity index (χ0) is 13.0. The van der Waals surface area contributed by atoms with Gasteiger partial charge in [-0.05, 0) is 12.5 Å². The third kappa shape index (κ3) is 3.04. The standard InChI is InChI=1S/C12H13N3O2S/c1-9-2-3-11(15(16)17)6-12(9)13-5-4-10-7-18-8-14-10/h2-3,6-8,13H,4-5H2,1H3. The number of hydrogen-bond donors (Lipinski definition) is 1. The number of nitrogens with zero attached hydrogens (tertiary/aromatic N) is 2. The van der Waals surface area contributed by atoms with Crippen molar-refractivity contribution in [3.63, 3.8) is 0 Å². The van der Waals surface area contributed by atoms with Gasteiger partial charge in [0.25, 0.3) is 5.69 Å². The Morgan fingerprint density at radius 3 is 3.00 bits per heavy atom. The van der Waals surface area contributed by atoms with Gasteiger partial charge in [0, 0.05) is 36.2 Å². The van der Waals surface area contributed by atoms with Gasteiger partial charge in [-0.15, -0.1) is 11.3 Å². The second-order valence-corrected chi connectivity index (χ2v) is 4.63. The molecular formula is C12H13N3O2S. The first-order chi connectivity index (χ1) is 8.66. The third-order valence-electron chi connectivity index (χ3n) is 2.61. The van der Waals surface area contributed by atoms with Gasteiger partial charge in [0.1, 0.15) is 0 Å². The number of nitro groups is 1. The molecule has 94 valence electrons. The highest BCUT2D eigenvalue weighted by molar-refractivity contribution is 7.07. The number of benzene rings is 1. The Hall–Kier alpha value is -1.95. The number of aromatic nitrogens is 1. The Morgan fingerprint density at radius 1 is 1.50 bits per heavy atom. The van der Waals surface area contributed by atoms with Gasteiger partial charge in [-0.2, -0.15) is 0 Å². The van der Waals surface area contributed by atoms with Crippen molar-refractivity contribution < 1.29 is 4.92 Å². The lowest BCUT2D eigenvalue weighted by Crippen LogP contribution is -2.06. The molecule has 1 aromatic heterocycles. The van der Waals surface area contributed by atoms with Crippen molar-refractivity contribution in [2.75, 3.05) is 11.9 Å². The Morgan fingerprint density at radius 2 is 2.33 bits per heavy atom. The van der Waals surface area contributed by atoms with Gasteiger partial charge in [0.05, 0.1) is 16.1 Å². The molecule has 0 unspecified atom stereocenters. The van der Waals surface area contributed by atoms with Crippen LogP contribution in [0, 0.1) is 17.0 Å². The lowest BCUT2D eigenvalue weighted by atomic mass is 10.2. The molecule has 0 bridgehead atoms. The first-order valence-corrected chi connectivity index (χ1v) is 6.47. The predicted molar refractivity (Wildman–Crippen MR) is 72.1 cm³/mol. The Bertz CT molecular complexity index is 540. The van der Waals surface area contributed by atoms with E-state index in [0.717, 1.165) is 23.4 Å². The molecule has 1 heterocycles. The van der Waals surface area contributed by atoms with E-state index in [1.165, 1.54) is 6.07 Å². The number of rotatable bonds is 5. The molecule has 0 fully saturated rings. The van der Waals surface area contributed by atoms with Gasteiger partial charge in [0.15, 0.2) is 0 Å². The lowest BCUT2D eigenvalue weighted by Gasteiger charge is -2.08. The van der Waals surface area contributed by atoms with Crippen LogP contribution in [0.15, 0.2) is 29.1 Å². The molecule has 0 amide bonds. The van der Waals surface area contributed by atoms with E-state index in [0.29, 0.717) is 6.54 Å². The van der Waals surface area contributed by atoms with Gasteiger partial charge in [-0.3, -0.25) is 10.1 Å². The molecule has 0 radical (unpaired) electrons. The van der Waals surface area contributed by atoms with Crippen LogP contribution in [0.2, 0.25) is 0 Å². The molecule has 0 atom stereocenters. The topological polar surface area (TPSA) is 68.1 Å². The summed E-state index contributed by atoms with van der Waals surface area (Å²) in [6.45, 7) is 2.64. The van der Waals surface area contributed by atoms with E-state index in [1.807, 2.05) is 12.3 Å². The van der Waals surface area contributed by atoms with E-state index in [2.05, 4.69) is 10.3 Å². The fourth-order valence-corrected chi connectivity index (χ4v) is 2.19. The maximum Gasteiger partial charge on any atom is 0.271 e. The zero-order valence-electron chi connectivity index (χ0n) is 9.92. The van der Waals surface area contributed by atoms with Gasteiger partial charge < -0.3 is 5.32 Å². The normalized spacial score (nSPS) is 10.3. The maximum atomic E-state index is 10.7.